The van der Waals surface area contributed by atoms with Gasteiger partial charge in [0.1, 0.15) is 18.1 Å². The number of benzene rings is 1. The van der Waals surface area contributed by atoms with Gasteiger partial charge in [-0.25, -0.2) is 0 Å². The molecule has 0 fully saturated rings. The minimum atomic E-state index is 0.672. The molecule has 0 radical (unpaired) electrons. The van der Waals surface area contributed by atoms with E-state index in [1.807, 2.05) is 12.1 Å². The molecule has 2 aliphatic heterocycles. The largest absolute Gasteiger partial charge is 0.493 e. The molecule has 14 heavy (non-hydrogen) atoms. The summed E-state index contributed by atoms with van der Waals surface area (Å²) in [6.45, 7) is 1.51. The van der Waals surface area contributed by atoms with Gasteiger partial charge in [0.25, 0.3) is 0 Å². The van der Waals surface area contributed by atoms with Crippen LogP contribution < -0.4 is 9.47 Å². The van der Waals surface area contributed by atoms with E-state index in [9.17, 15) is 0 Å². The van der Waals surface area contributed by atoms with Crippen molar-refractivity contribution in [2.24, 2.45) is 0 Å². The number of aryl methyl sites for hydroxylation is 1. The first-order valence-electron chi connectivity index (χ1n) is 5.02. The monoisotopic (exact) mass is 188 g/mol. The summed E-state index contributed by atoms with van der Waals surface area (Å²) in [5.41, 5.74) is 2.49. The van der Waals surface area contributed by atoms with E-state index >= 15 is 0 Å². The summed E-state index contributed by atoms with van der Waals surface area (Å²) in [6.07, 6.45) is 6.40. The predicted molar refractivity (Wildman–Crippen MR) is 54.8 cm³/mol. The molecule has 2 aliphatic rings. The van der Waals surface area contributed by atoms with Gasteiger partial charge < -0.3 is 9.47 Å². The molecular formula is C12H12O2. The van der Waals surface area contributed by atoms with Crippen molar-refractivity contribution in [1.29, 1.82) is 0 Å². The average molecular weight is 188 g/mol. The highest BCUT2D eigenvalue weighted by Gasteiger charge is 2.15. The molecule has 0 saturated heterocycles. The van der Waals surface area contributed by atoms with Crippen LogP contribution in [0.4, 0.5) is 0 Å². The van der Waals surface area contributed by atoms with Crippen LogP contribution in [0.3, 0.4) is 0 Å². The Kier molecular flexibility index (Phi) is 1.72. The van der Waals surface area contributed by atoms with Crippen LogP contribution in [0.15, 0.2) is 18.2 Å². The van der Waals surface area contributed by atoms with Crippen molar-refractivity contribution < 1.29 is 9.47 Å². The maximum Gasteiger partial charge on any atom is 0.130 e. The second-order valence-electron chi connectivity index (χ2n) is 3.66. The maximum absolute atomic E-state index is 5.59. The Morgan fingerprint density at radius 1 is 1.07 bits per heavy atom. The summed E-state index contributed by atoms with van der Waals surface area (Å²) >= 11 is 0. The second kappa shape index (κ2) is 3.05. The minimum Gasteiger partial charge on any atom is -0.493 e. The van der Waals surface area contributed by atoms with Gasteiger partial charge in [-0.2, -0.15) is 0 Å². The Hall–Kier alpha value is -1.44. The molecule has 2 heteroatoms. The first kappa shape index (κ1) is 7.92. The van der Waals surface area contributed by atoms with Crippen LogP contribution in [0.25, 0.3) is 6.08 Å². The average Bonchev–Trinajstić information content (AvgIpc) is 2.26. The number of fused-ring (bicyclic) bond motifs is 2. The first-order valence-corrected chi connectivity index (χ1v) is 5.02. The lowest BCUT2D eigenvalue weighted by atomic mass is 10.0. The second-order valence-corrected chi connectivity index (χ2v) is 3.66. The van der Waals surface area contributed by atoms with Crippen LogP contribution in [-0.2, 0) is 6.42 Å². The zero-order chi connectivity index (χ0) is 9.38. The Labute approximate surface area is 83.1 Å². The maximum atomic E-state index is 5.59. The van der Waals surface area contributed by atoms with E-state index in [2.05, 4.69) is 12.1 Å². The Morgan fingerprint density at radius 3 is 3.07 bits per heavy atom. The quantitative estimate of drug-likeness (QED) is 0.622. The molecule has 2 heterocycles. The van der Waals surface area contributed by atoms with Crippen molar-refractivity contribution in [2.45, 2.75) is 12.8 Å². The molecule has 0 N–H and O–H groups in total. The third-order valence-electron chi connectivity index (χ3n) is 2.67. The molecule has 0 bridgehead atoms. The normalized spacial score (nSPS) is 17.7. The van der Waals surface area contributed by atoms with Gasteiger partial charge in [0.2, 0.25) is 0 Å². The molecule has 0 spiro atoms. The molecule has 1 aromatic carbocycles. The van der Waals surface area contributed by atoms with Gasteiger partial charge in [-0.15, -0.1) is 0 Å². The number of hydrogen-bond acceptors (Lipinski definition) is 2. The lowest BCUT2D eigenvalue weighted by molar-refractivity contribution is 0.284. The van der Waals surface area contributed by atoms with Gasteiger partial charge in [-0.05, 0) is 30.5 Å². The Morgan fingerprint density at radius 2 is 2.07 bits per heavy atom. The molecule has 0 aliphatic carbocycles. The summed E-state index contributed by atoms with van der Waals surface area (Å²) < 4.78 is 11.1. The molecule has 3 rings (SSSR count). The standard InChI is InChI=1S/C12H12O2/c1-3-9-7-10-4-2-6-14-12(10)8-11(9)13-5-1/h1,3,7-8H,2,4-6H2. The van der Waals surface area contributed by atoms with Crippen molar-refractivity contribution in [2.75, 3.05) is 13.2 Å². The molecule has 0 aromatic heterocycles. The molecule has 0 saturated carbocycles. The minimum absolute atomic E-state index is 0.672. The van der Waals surface area contributed by atoms with Crippen LogP contribution in [0.2, 0.25) is 0 Å². The lowest BCUT2D eigenvalue weighted by Gasteiger charge is -2.21. The molecule has 0 amide bonds. The highest BCUT2D eigenvalue weighted by Crippen LogP contribution is 2.34. The highest BCUT2D eigenvalue weighted by molar-refractivity contribution is 5.63. The molecule has 0 unspecified atom stereocenters. The first-order chi connectivity index (χ1) is 6.93. The van der Waals surface area contributed by atoms with Gasteiger partial charge >= 0.3 is 0 Å². The van der Waals surface area contributed by atoms with E-state index in [0.717, 1.165) is 30.9 Å². The van der Waals surface area contributed by atoms with Gasteiger partial charge in [0, 0.05) is 11.6 Å². The third kappa shape index (κ3) is 1.18. The van der Waals surface area contributed by atoms with Gasteiger partial charge in [0.05, 0.1) is 6.61 Å². The van der Waals surface area contributed by atoms with Gasteiger partial charge in [0.15, 0.2) is 0 Å². The lowest BCUT2D eigenvalue weighted by Crippen LogP contribution is -2.10. The van der Waals surface area contributed by atoms with E-state index in [1.54, 1.807) is 0 Å². The number of rotatable bonds is 0. The topological polar surface area (TPSA) is 18.5 Å². The number of hydrogen-bond donors (Lipinski definition) is 0. The zero-order valence-electron chi connectivity index (χ0n) is 7.95. The van der Waals surface area contributed by atoms with Crippen molar-refractivity contribution in [3.8, 4) is 11.5 Å². The SMILES string of the molecule is C1=Cc2cc3c(cc2OC1)OCCC3. The molecule has 1 aromatic rings. The summed E-state index contributed by atoms with van der Waals surface area (Å²) in [5.74, 6) is 1.96. The zero-order valence-corrected chi connectivity index (χ0v) is 7.95. The molecule has 0 atom stereocenters. The van der Waals surface area contributed by atoms with E-state index in [-0.39, 0.29) is 0 Å². The Balaban J connectivity index is 2.12. The van der Waals surface area contributed by atoms with Crippen LogP contribution in [-0.4, -0.2) is 13.2 Å². The third-order valence-corrected chi connectivity index (χ3v) is 2.67. The van der Waals surface area contributed by atoms with E-state index in [1.165, 1.54) is 11.1 Å². The summed E-state index contributed by atoms with van der Waals surface area (Å²) in [7, 11) is 0. The Bertz CT molecular complexity index is 394. The van der Waals surface area contributed by atoms with Crippen LogP contribution in [0.5, 0.6) is 11.5 Å². The van der Waals surface area contributed by atoms with Crippen molar-refractivity contribution >= 4 is 6.08 Å². The smallest absolute Gasteiger partial charge is 0.130 e. The summed E-state index contributed by atoms with van der Waals surface area (Å²) in [6, 6.07) is 4.20. The molecular weight excluding hydrogens is 176 g/mol. The van der Waals surface area contributed by atoms with Gasteiger partial charge in [-0.3, -0.25) is 0 Å². The van der Waals surface area contributed by atoms with E-state index < -0.39 is 0 Å². The van der Waals surface area contributed by atoms with Crippen molar-refractivity contribution in [1.82, 2.24) is 0 Å². The van der Waals surface area contributed by atoms with Crippen LogP contribution >= 0.6 is 0 Å². The number of ether oxygens (including phenoxy) is 2. The molecule has 2 nitrogen and oxygen atoms in total. The van der Waals surface area contributed by atoms with Crippen molar-refractivity contribution in [3.05, 3.63) is 29.3 Å². The fourth-order valence-electron chi connectivity index (χ4n) is 1.97. The fraction of sp³-hybridized carbons (Fsp3) is 0.333. The van der Waals surface area contributed by atoms with E-state index in [0.29, 0.717) is 6.61 Å². The van der Waals surface area contributed by atoms with Gasteiger partial charge in [-0.1, -0.05) is 6.08 Å². The fourth-order valence-corrected chi connectivity index (χ4v) is 1.97. The van der Waals surface area contributed by atoms with Crippen LogP contribution in [0, 0.1) is 0 Å². The van der Waals surface area contributed by atoms with Crippen molar-refractivity contribution in [3.63, 3.8) is 0 Å². The summed E-state index contributed by atoms with van der Waals surface area (Å²) in [4.78, 5) is 0. The highest BCUT2D eigenvalue weighted by atomic mass is 16.5. The van der Waals surface area contributed by atoms with E-state index in [4.69, 9.17) is 9.47 Å². The predicted octanol–water partition coefficient (Wildman–Crippen LogP) is 2.42. The summed E-state index contributed by atoms with van der Waals surface area (Å²) in [5, 5.41) is 0. The molecule has 72 valence electrons. The van der Waals surface area contributed by atoms with Crippen LogP contribution in [0.1, 0.15) is 17.5 Å².